The number of guanidine groups is 1. The Balaban J connectivity index is 1.90. The van der Waals surface area contributed by atoms with Gasteiger partial charge >= 0.3 is 5.97 Å². The maximum absolute atomic E-state index is 12.4. The molecule has 0 aliphatic carbocycles. The maximum atomic E-state index is 12.4. The van der Waals surface area contributed by atoms with Crippen LogP contribution in [-0.4, -0.2) is 11.9 Å². The van der Waals surface area contributed by atoms with Crippen LogP contribution in [0.15, 0.2) is 65.7 Å². The number of nitrogens with two attached hydrogens (primary N) is 3. The third-order valence-corrected chi connectivity index (χ3v) is 3.47. The summed E-state index contributed by atoms with van der Waals surface area (Å²) in [6.07, 6.45) is 0. The van der Waals surface area contributed by atoms with Gasteiger partial charge in [0.05, 0.1) is 16.9 Å². The molecule has 0 saturated carbocycles. The van der Waals surface area contributed by atoms with Crippen molar-refractivity contribution in [2.45, 2.75) is 0 Å². The minimum absolute atomic E-state index is 0.0474. The van der Waals surface area contributed by atoms with Crippen molar-refractivity contribution in [1.82, 2.24) is 0 Å². The van der Waals surface area contributed by atoms with Gasteiger partial charge in [-0.1, -0.05) is 30.3 Å². The molecule has 6 heteroatoms. The van der Waals surface area contributed by atoms with Crippen molar-refractivity contribution in [3.63, 3.8) is 0 Å². The SMILES string of the molecule is NC(N)=Nc1ccc(C(=O)Oc2c(N)ccc3ccccc23)cc1. The van der Waals surface area contributed by atoms with Gasteiger partial charge in [0.25, 0.3) is 0 Å². The fourth-order valence-electron chi connectivity index (χ4n) is 2.35. The average molecular weight is 320 g/mol. The van der Waals surface area contributed by atoms with Crippen molar-refractivity contribution < 1.29 is 9.53 Å². The molecule has 0 bridgehead atoms. The first kappa shape index (κ1) is 15.4. The minimum atomic E-state index is -0.505. The molecule has 0 amide bonds. The predicted molar refractivity (Wildman–Crippen MR) is 95.2 cm³/mol. The van der Waals surface area contributed by atoms with Gasteiger partial charge in [-0.3, -0.25) is 0 Å². The predicted octanol–water partition coefficient (Wildman–Crippen LogP) is 2.55. The summed E-state index contributed by atoms with van der Waals surface area (Å²) in [5.74, 6) is -0.199. The van der Waals surface area contributed by atoms with Gasteiger partial charge in [-0.25, -0.2) is 9.79 Å². The Morgan fingerprint density at radius 3 is 2.33 bits per heavy atom. The molecule has 0 spiro atoms. The van der Waals surface area contributed by atoms with E-state index in [1.807, 2.05) is 30.3 Å². The summed E-state index contributed by atoms with van der Waals surface area (Å²) in [7, 11) is 0. The molecular weight excluding hydrogens is 304 g/mol. The van der Waals surface area contributed by atoms with Crippen molar-refractivity contribution in [2.75, 3.05) is 5.73 Å². The zero-order valence-electron chi connectivity index (χ0n) is 12.8. The van der Waals surface area contributed by atoms with Gasteiger partial charge in [-0.05, 0) is 35.7 Å². The van der Waals surface area contributed by atoms with E-state index in [1.54, 1.807) is 30.3 Å². The molecule has 0 aliphatic rings. The van der Waals surface area contributed by atoms with Crippen molar-refractivity contribution in [3.05, 3.63) is 66.2 Å². The topological polar surface area (TPSA) is 117 Å². The van der Waals surface area contributed by atoms with Gasteiger partial charge in [0.15, 0.2) is 11.7 Å². The first-order chi connectivity index (χ1) is 11.5. The molecule has 3 aromatic rings. The Bertz CT molecular complexity index is 929. The lowest BCUT2D eigenvalue weighted by atomic mass is 10.1. The molecule has 0 saturated heterocycles. The first-order valence-electron chi connectivity index (χ1n) is 7.24. The molecule has 0 fully saturated rings. The number of rotatable bonds is 3. The summed E-state index contributed by atoms with van der Waals surface area (Å²) in [5.41, 5.74) is 17.9. The Morgan fingerprint density at radius 2 is 1.62 bits per heavy atom. The van der Waals surface area contributed by atoms with E-state index in [1.165, 1.54) is 0 Å². The highest BCUT2D eigenvalue weighted by molar-refractivity contribution is 5.98. The molecule has 0 radical (unpaired) electrons. The first-order valence-corrected chi connectivity index (χ1v) is 7.24. The number of carbonyl (C=O) groups excluding carboxylic acids is 1. The summed E-state index contributed by atoms with van der Waals surface area (Å²) >= 11 is 0. The smallest absolute Gasteiger partial charge is 0.343 e. The van der Waals surface area contributed by atoms with Crippen molar-refractivity contribution >= 4 is 34.1 Å². The van der Waals surface area contributed by atoms with Crippen molar-refractivity contribution in [3.8, 4) is 5.75 Å². The van der Waals surface area contributed by atoms with Crippen LogP contribution >= 0.6 is 0 Å². The van der Waals surface area contributed by atoms with Gasteiger partial charge in [0.1, 0.15) is 0 Å². The quantitative estimate of drug-likeness (QED) is 0.225. The van der Waals surface area contributed by atoms with Gasteiger partial charge in [0, 0.05) is 5.39 Å². The summed E-state index contributed by atoms with van der Waals surface area (Å²) in [4.78, 5) is 16.3. The number of hydrogen-bond donors (Lipinski definition) is 3. The lowest BCUT2D eigenvalue weighted by Gasteiger charge is -2.10. The second kappa shape index (κ2) is 6.29. The van der Waals surface area contributed by atoms with Crippen LogP contribution in [0.1, 0.15) is 10.4 Å². The minimum Gasteiger partial charge on any atom is -0.420 e. The molecule has 3 aromatic carbocycles. The van der Waals surface area contributed by atoms with Crippen LogP contribution in [0, 0.1) is 0 Å². The second-order valence-electron chi connectivity index (χ2n) is 5.18. The third-order valence-electron chi connectivity index (χ3n) is 3.47. The van der Waals surface area contributed by atoms with E-state index in [4.69, 9.17) is 21.9 Å². The summed E-state index contributed by atoms with van der Waals surface area (Å²) in [6, 6.07) is 17.6. The number of carbonyl (C=O) groups is 1. The number of ether oxygens (including phenoxy) is 1. The number of fused-ring (bicyclic) bond motifs is 1. The summed E-state index contributed by atoms with van der Waals surface area (Å²) < 4.78 is 5.52. The molecule has 6 nitrogen and oxygen atoms in total. The van der Waals surface area contributed by atoms with Crippen molar-refractivity contribution in [2.24, 2.45) is 16.5 Å². The van der Waals surface area contributed by atoms with Crippen LogP contribution in [0.25, 0.3) is 10.8 Å². The molecule has 0 heterocycles. The van der Waals surface area contributed by atoms with E-state index in [2.05, 4.69) is 4.99 Å². The Hall–Kier alpha value is -3.54. The van der Waals surface area contributed by atoms with Crippen molar-refractivity contribution in [1.29, 1.82) is 0 Å². The standard InChI is InChI=1S/C18H16N4O2/c19-15-10-7-11-3-1-2-4-14(11)16(15)24-17(23)12-5-8-13(9-6-12)22-18(20)21/h1-10H,19H2,(H4,20,21,22). The molecule has 24 heavy (non-hydrogen) atoms. The van der Waals surface area contributed by atoms with Crippen LogP contribution in [0.3, 0.4) is 0 Å². The lowest BCUT2D eigenvalue weighted by molar-refractivity contribution is 0.0738. The van der Waals surface area contributed by atoms with E-state index >= 15 is 0 Å². The fourth-order valence-corrected chi connectivity index (χ4v) is 2.35. The van der Waals surface area contributed by atoms with Gasteiger partial charge in [0.2, 0.25) is 0 Å². The molecular formula is C18H16N4O2. The fraction of sp³-hybridized carbons (Fsp3) is 0. The number of hydrogen-bond acceptors (Lipinski definition) is 4. The number of nitrogens with zero attached hydrogens (tertiary/aromatic N) is 1. The van der Waals surface area contributed by atoms with E-state index < -0.39 is 5.97 Å². The number of esters is 1. The number of anilines is 1. The highest BCUT2D eigenvalue weighted by Crippen LogP contribution is 2.32. The van der Waals surface area contributed by atoms with Crippen LogP contribution in [0.2, 0.25) is 0 Å². The highest BCUT2D eigenvalue weighted by atomic mass is 16.5. The van der Waals surface area contributed by atoms with E-state index in [0.717, 1.165) is 10.8 Å². The Kier molecular flexibility index (Phi) is 4.03. The molecule has 0 aromatic heterocycles. The average Bonchev–Trinajstić information content (AvgIpc) is 2.57. The van der Waals surface area contributed by atoms with Gasteiger partial charge < -0.3 is 21.9 Å². The largest absolute Gasteiger partial charge is 0.420 e. The Morgan fingerprint density at radius 1 is 0.917 bits per heavy atom. The van der Waals surface area contributed by atoms with Gasteiger partial charge in [-0.2, -0.15) is 0 Å². The molecule has 0 unspecified atom stereocenters. The summed E-state index contributed by atoms with van der Waals surface area (Å²) in [6.45, 7) is 0. The number of benzene rings is 3. The Labute approximate surface area is 138 Å². The molecule has 0 atom stereocenters. The van der Waals surface area contributed by atoms with Crippen LogP contribution < -0.4 is 21.9 Å². The van der Waals surface area contributed by atoms with E-state index in [0.29, 0.717) is 22.7 Å². The highest BCUT2D eigenvalue weighted by Gasteiger charge is 2.13. The van der Waals surface area contributed by atoms with E-state index in [-0.39, 0.29) is 5.96 Å². The number of aliphatic imine (C=N–C) groups is 1. The number of nitrogen functional groups attached to an aromatic ring is 1. The van der Waals surface area contributed by atoms with Crippen LogP contribution in [0.5, 0.6) is 5.75 Å². The van der Waals surface area contributed by atoms with Crippen LogP contribution in [0.4, 0.5) is 11.4 Å². The molecule has 120 valence electrons. The molecule has 0 aliphatic heterocycles. The van der Waals surface area contributed by atoms with Crippen LogP contribution in [-0.2, 0) is 0 Å². The third kappa shape index (κ3) is 3.12. The maximum Gasteiger partial charge on any atom is 0.343 e. The lowest BCUT2D eigenvalue weighted by Crippen LogP contribution is -2.21. The zero-order chi connectivity index (χ0) is 17.1. The van der Waals surface area contributed by atoms with Gasteiger partial charge in [-0.15, -0.1) is 0 Å². The zero-order valence-corrected chi connectivity index (χ0v) is 12.8. The van der Waals surface area contributed by atoms with E-state index in [9.17, 15) is 4.79 Å². The second-order valence-corrected chi connectivity index (χ2v) is 5.18. The monoisotopic (exact) mass is 320 g/mol. The normalized spacial score (nSPS) is 10.3. The molecule has 6 N–H and O–H groups in total. The molecule has 3 rings (SSSR count). The summed E-state index contributed by atoms with van der Waals surface area (Å²) in [5, 5.41) is 1.72.